The van der Waals surface area contributed by atoms with Gasteiger partial charge in [-0.1, -0.05) is 79.9 Å². The lowest BCUT2D eigenvalue weighted by Crippen LogP contribution is -2.08. The molecule has 0 amide bonds. The number of aryl methyl sites for hydroxylation is 2. The van der Waals surface area contributed by atoms with Gasteiger partial charge in [-0.25, -0.2) is 5.32 Å². The molecule has 0 atom stereocenters. The highest BCUT2D eigenvalue weighted by atomic mass is 14.8. The molecule has 1 nitrogen and oxygen atoms in total. The van der Waals surface area contributed by atoms with Crippen LogP contribution in [0.15, 0.2) is 60.7 Å². The van der Waals surface area contributed by atoms with E-state index in [4.69, 9.17) is 0 Å². The van der Waals surface area contributed by atoms with Gasteiger partial charge in [0.1, 0.15) is 0 Å². The van der Waals surface area contributed by atoms with Gasteiger partial charge < -0.3 is 0 Å². The van der Waals surface area contributed by atoms with Gasteiger partial charge in [-0.15, -0.1) is 0 Å². The van der Waals surface area contributed by atoms with E-state index in [-0.39, 0.29) is 0 Å². The lowest BCUT2D eigenvalue weighted by atomic mass is 10.1. The average molecular weight is 323 g/mol. The molecular weight excluding hydrogens is 290 g/mol. The Balaban J connectivity index is 1.32. The van der Waals surface area contributed by atoms with Crippen molar-refractivity contribution in [3.05, 3.63) is 71.8 Å². The van der Waals surface area contributed by atoms with Crippen molar-refractivity contribution >= 4 is 0 Å². The van der Waals surface area contributed by atoms with Crippen molar-refractivity contribution in [2.45, 2.75) is 57.8 Å². The Morgan fingerprint density at radius 1 is 0.458 bits per heavy atom. The Labute approximate surface area is 148 Å². The van der Waals surface area contributed by atoms with Gasteiger partial charge in [-0.3, -0.25) is 0 Å². The van der Waals surface area contributed by atoms with Crippen LogP contribution in [0.1, 0.15) is 56.1 Å². The summed E-state index contributed by atoms with van der Waals surface area (Å²) in [7, 11) is 0. The molecule has 0 saturated heterocycles. The summed E-state index contributed by atoms with van der Waals surface area (Å²) in [5.41, 5.74) is 2.93. The molecule has 0 aliphatic carbocycles. The van der Waals surface area contributed by atoms with E-state index in [1.165, 1.54) is 68.9 Å². The molecule has 2 aromatic carbocycles. The third-order valence-electron chi connectivity index (χ3n) is 4.50. The average Bonchev–Trinajstić information content (AvgIpc) is 2.64. The normalized spacial score (nSPS) is 10.8. The van der Waals surface area contributed by atoms with Crippen molar-refractivity contribution in [2.24, 2.45) is 0 Å². The van der Waals surface area contributed by atoms with Crippen LogP contribution in [0, 0.1) is 0 Å². The molecule has 0 fully saturated rings. The van der Waals surface area contributed by atoms with Crippen LogP contribution in [-0.4, -0.2) is 13.1 Å². The number of rotatable bonds is 13. The van der Waals surface area contributed by atoms with E-state index >= 15 is 0 Å². The van der Waals surface area contributed by atoms with Gasteiger partial charge in [0.05, 0.1) is 0 Å². The standard InChI is InChI=1S/C23H32N/c1(6-14-22-15-7-3-8-16-22)2-12-20-24-21-13-5-11-19-23-17-9-4-10-18-23/h3-4,7-10,15-18H,1-2,5-6,11-14,19-21H2. The summed E-state index contributed by atoms with van der Waals surface area (Å²) in [6.07, 6.45) is 11.5. The van der Waals surface area contributed by atoms with E-state index in [2.05, 4.69) is 66.0 Å². The highest BCUT2D eigenvalue weighted by Crippen LogP contribution is 2.08. The monoisotopic (exact) mass is 322 g/mol. The predicted molar refractivity (Wildman–Crippen MR) is 104 cm³/mol. The van der Waals surface area contributed by atoms with Gasteiger partial charge in [0.15, 0.2) is 0 Å². The summed E-state index contributed by atoms with van der Waals surface area (Å²) in [6.45, 7) is 2.11. The lowest BCUT2D eigenvalue weighted by Gasteiger charge is -2.04. The van der Waals surface area contributed by atoms with Crippen LogP contribution in [0.5, 0.6) is 0 Å². The zero-order valence-electron chi connectivity index (χ0n) is 15.0. The van der Waals surface area contributed by atoms with E-state index in [0.29, 0.717) is 0 Å². The number of nitrogens with zero attached hydrogens (tertiary/aromatic N) is 1. The second-order valence-electron chi connectivity index (χ2n) is 6.62. The van der Waals surface area contributed by atoms with Gasteiger partial charge in [0, 0.05) is 13.1 Å². The van der Waals surface area contributed by atoms with Crippen LogP contribution in [0.2, 0.25) is 0 Å². The van der Waals surface area contributed by atoms with E-state index in [1.54, 1.807) is 0 Å². The lowest BCUT2D eigenvalue weighted by molar-refractivity contribution is 0.554. The quantitative estimate of drug-likeness (QED) is 0.413. The van der Waals surface area contributed by atoms with Crippen molar-refractivity contribution in [2.75, 3.05) is 13.1 Å². The number of hydrogen-bond acceptors (Lipinski definition) is 0. The molecule has 0 unspecified atom stereocenters. The number of unbranched alkanes of at least 4 members (excludes halogenated alkanes) is 5. The van der Waals surface area contributed by atoms with E-state index in [0.717, 1.165) is 13.1 Å². The molecule has 24 heavy (non-hydrogen) atoms. The van der Waals surface area contributed by atoms with Crippen molar-refractivity contribution in [3.8, 4) is 0 Å². The fraction of sp³-hybridized carbons (Fsp3) is 0.478. The summed E-state index contributed by atoms with van der Waals surface area (Å²) >= 11 is 0. The van der Waals surface area contributed by atoms with Gasteiger partial charge in [-0.05, 0) is 49.7 Å². The molecule has 0 bridgehead atoms. The minimum Gasteiger partial charge on any atom is -0.242 e. The van der Waals surface area contributed by atoms with Gasteiger partial charge >= 0.3 is 0 Å². The Bertz CT molecular complexity index is 457. The zero-order chi connectivity index (χ0) is 16.7. The van der Waals surface area contributed by atoms with Crippen LogP contribution < -0.4 is 5.32 Å². The first-order valence-corrected chi connectivity index (χ1v) is 9.66. The molecule has 1 radical (unpaired) electrons. The van der Waals surface area contributed by atoms with Crippen molar-refractivity contribution < 1.29 is 0 Å². The first-order valence-electron chi connectivity index (χ1n) is 9.66. The molecule has 0 N–H and O–H groups in total. The van der Waals surface area contributed by atoms with Crippen LogP contribution in [-0.2, 0) is 12.8 Å². The summed E-state index contributed by atoms with van der Waals surface area (Å²) in [4.78, 5) is 0. The summed E-state index contributed by atoms with van der Waals surface area (Å²) in [6, 6.07) is 21.6. The molecule has 2 rings (SSSR count). The Morgan fingerprint density at radius 2 is 0.875 bits per heavy atom. The Kier molecular flexibility index (Phi) is 9.97. The fourth-order valence-corrected chi connectivity index (χ4v) is 3.04. The molecule has 0 aromatic heterocycles. The maximum atomic E-state index is 4.67. The van der Waals surface area contributed by atoms with E-state index < -0.39 is 0 Å². The first kappa shape index (κ1) is 18.7. The third-order valence-corrected chi connectivity index (χ3v) is 4.50. The SMILES string of the molecule is c1ccc(CCCCCC[N]CCCCCc2ccccc2)cc1. The van der Waals surface area contributed by atoms with Gasteiger partial charge in [-0.2, -0.15) is 0 Å². The van der Waals surface area contributed by atoms with Gasteiger partial charge in [0.2, 0.25) is 0 Å². The van der Waals surface area contributed by atoms with Crippen molar-refractivity contribution in [3.63, 3.8) is 0 Å². The van der Waals surface area contributed by atoms with Crippen LogP contribution >= 0.6 is 0 Å². The smallest absolute Gasteiger partial charge is 0.0133 e. The third kappa shape index (κ3) is 8.88. The molecule has 0 spiro atoms. The van der Waals surface area contributed by atoms with Crippen LogP contribution in [0.4, 0.5) is 0 Å². The molecule has 2 aromatic rings. The molecule has 0 saturated carbocycles. The Morgan fingerprint density at radius 3 is 1.38 bits per heavy atom. The summed E-state index contributed by atoms with van der Waals surface area (Å²) in [5, 5.41) is 4.67. The first-order chi connectivity index (χ1) is 11.9. The van der Waals surface area contributed by atoms with E-state index in [1.807, 2.05) is 0 Å². The maximum Gasteiger partial charge on any atom is 0.0133 e. The minimum atomic E-state index is 1.05. The van der Waals surface area contributed by atoms with Gasteiger partial charge in [0.25, 0.3) is 0 Å². The van der Waals surface area contributed by atoms with Crippen molar-refractivity contribution in [1.82, 2.24) is 5.32 Å². The number of hydrogen-bond donors (Lipinski definition) is 0. The highest BCUT2D eigenvalue weighted by Gasteiger charge is 1.95. The molecule has 1 heteroatoms. The second-order valence-corrected chi connectivity index (χ2v) is 6.62. The largest absolute Gasteiger partial charge is 0.242 e. The van der Waals surface area contributed by atoms with Crippen molar-refractivity contribution in [1.29, 1.82) is 0 Å². The summed E-state index contributed by atoms with van der Waals surface area (Å²) < 4.78 is 0. The maximum absolute atomic E-state index is 4.67. The number of benzene rings is 2. The zero-order valence-corrected chi connectivity index (χ0v) is 15.0. The predicted octanol–water partition coefficient (Wildman–Crippen LogP) is 5.81. The molecular formula is C23H32N. The topological polar surface area (TPSA) is 14.1 Å². The molecule has 129 valence electrons. The molecule has 0 aliphatic rings. The Hall–Kier alpha value is -1.60. The van der Waals surface area contributed by atoms with E-state index in [9.17, 15) is 0 Å². The molecule has 0 heterocycles. The summed E-state index contributed by atoms with van der Waals surface area (Å²) in [5.74, 6) is 0. The molecule has 0 aliphatic heterocycles. The van der Waals surface area contributed by atoms with Crippen LogP contribution in [0.25, 0.3) is 0 Å². The minimum absolute atomic E-state index is 1.05. The second kappa shape index (κ2) is 12.8. The van der Waals surface area contributed by atoms with Crippen LogP contribution in [0.3, 0.4) is 0 Å². The highest BCUT2D eigenvalue weighted by molar-refractivity contribution is 5.15. The fourth-order valence-electron chi connectivity index (χ4n) is 3.04.